The second-order valence-corrected chi connectivity index (χ2v) is 7.16. The molecule has 0 bridgehead atoms. The van der Waals surface area contributed by atoms with E-state index in [0.717, 1.165) is 50.0 Å². The molecule has 0 radical (unpaired) electrons. The standard InChI is InChI=1S/C19H27N3O2.ClH/c20-14-19(10-4-1-5-11-19)13-17(23)21-15-7-2-3-8-16(15)22-12-6-9-18(22)24;/h2-3,7-8H,1,4-6,9-14,20H2,(H,21,23);1H. The molecule has 0 unspecified atom stereocenters. The zero-order chi connectivity index (χ0) is 17.0. The van der Waals surface area contributed by atoms with E-state index in [0.29, 0.717) is 19.4 Å². The largest absolute Gasteiger partial charge is 0.330 e. The van der Waals surface area contributed by atoms with Gasteiger partial charge < -0.3 is 16.0 Å². The van der Waals surface area contributed by atoms with E-state index >= 15 is 0 Å². The van der Waals surface area contributed by atoms with Gasteiger partial charge in [-0.3, -0.25) is 9.59 Å². The summed E-state index contributed by atoms with van der Waals surface area (Å²) < 4.78 is 0. The highest BCUT2D eigenvalue weighted by Gasteiger charge is 2.33. The minimum atomic E-state index is -0.0548. The Labute approximate surface area is 155 Å². The second-order valence-electron chi connectivity index (χ2n) is 7.16. The van der Waals surface area contributed by atoms with Crippen LogP contribution in [0.25, 0.3) is 0 Å². The number of hydrogen-bond donors (Lipinski definition) is 2. The molecule has 1 heterocycles. The van der Waals surface area contributed by atoms with Crippen LogP contribution in [0.3, 0.4) is 0 Å². The number of nitrogens with two attached hydrogens (primary N) is 1. The lowest BCUT2D eigenvalue weighted by Gasteiger charge is -2.35. The van der Waals surface area contributed by atoms with Crippen LogP contribution < -0.4 is 16.0 Å². The third-order valence-electron chi connectivity index (χ3n) is 5.43. The van der Waals surface area contributed by atoms with Gasteiger partial charge in [0, 0.05) is 19.4 Å². The van der Waals surface area contributed by atoms with E-state index in [2.05, 4.69) is 5.32 Å². The van der Waals surface area contributed by atoms with Crippen LogP contribution in [0.15, 0.2) is 24.3 Å². The Kier molecular flexibility index (Phi) is 6.85. The fourth-order valence-electron chi connectivity index (χ4n) is 4.01. The zero-order valence-corrected chi connectivity index (χ0v) is 15.4. The Morgan fingerprint density at radius 2 is 1.88 bits per heavy atom. The van der Waals surface area contributed by atoms with Crippen molar-refractivity contribution in [3.63, 3.8) is 0 Å². The number of nitrogens with one attached hydrogen (secondary N) is 1. The lowest BCUT2D eigenvalue weighted by molar-refractivity contribution is -0.119. The summed E-state index contributed by atoms with van der Waals surface area (Å²) in [6, 6.07) is 7.56. The first-order valence-electron chi connectivity index (χ1n) is 9.03. The van der Waals surface area contributed by atoms with Crippen LogP contribution in [0.5, 0.6) is 0 Å². The molecule has 2 amide bonds. The van der Waals surface area contributed by atoms with Crippen molar-refractivity contribution in [2.24, 2.45) is 11.1 Å². The van der Waals surface area contributed by atoms with Crippen LogP contribution in [0, 0.1) is 5.41 Å². The molecule has 1 saturated carbocycles. The first kappa shape index (κ1) is 19.7. The Morgan fingerprint density at radius 3 is 2.52 bits per heavy atom. The van der Waals surface area contributed by atoms with Gasteiger partial charge in [0.2, 0.25) is 11.8 Å². The number of anilines is 2. The molecule has 1 aromatic carbocycles. The summed E-state index contributed by atoms with van der Waals surface area (Å²) in [5.74, 6) is 0.129. The molecule has 1 aliphatic carbocycles. The van der Waals surface area contributed by atoms with Gasteiger partial charge in [-0.05, 0) is 43.4 Å². The van der Waals surface area contributed by atoms with Crippen molar-refractivity contribution < 1.29 is 9.59 Å². The Hall–Kier alpha value is -1.59. The molecule has 1 saturated heterocycles. The molecule has 2 aliphatic rings. The summed E-state index contributed by atoms with van der Waals surface area (Å²) >= 11 is 0. The van der Waals surface area contributed by atoms with Gasteiger partial charge in [0.25, 0.3) is 0 Å². The number of amides is 2. The summed E-state index contributed by atoms with van der Waals surface area (Å²) in [6.07, 6.45) is 7.53. The molecular weight excluding hydrogens is 338 g/mol. The number of para-hydroxylation sites is 2. The van der Waals surface area contributed by atoms with Gasteiger partial charge >= 0.3 is 0 Å². The molecule has 0 aromatic heterocycles. The van der Waals surface area contributed by atoms with Crippen molar-refractivity contribution in [2.75, 3.05) is 23.3 Å². The van der Waals surface area contributed by atoms with Gasteiger partial charge in [0.05, 0.1) is 11.4 Å². The van der Waals surface area contributed by atoms with Gasteiger partial charge in [-0.1, -0.05) is 31.4 Å². The number of nitrogens with zero attached hydrogens (tertiary/aromatic N) is 1. The van der Waals surface area contributed by atoms with E-state index in [1.54, 1.807) is 4.90 Å². The van der Waals surface area contributed by atoms with Crippen LogP contribution in [-0.2, 0) is 9.59 Å². The Bertz CT molecular complexity index is 614. The summed E-state index contributed by atoms with van der Waals surface area (Å²) in [5, 5.41) is 3.03. The van der Waals surface area contributed by atoms with Crippen molar-refractivity contribution in [3.05, 3.63) is 24.3 Å². The molecule has 1 aliphatic heterocycles. The molecule has 6 heteroatoms. The molecular formula is C19H28ClN3O2. The number of carbonyl (C=O) groups excluding carboxylic acids is 2. The number of carbonyl (C=O) groups is 2. The van der Waals surface area contributed by atoms with E-state index in [-0.39, 0.29) is 29.6 Å². The summed E-state index contributed by atoms with van der Waals surface area (Å²) in [5.41, 5.74) is 7.47. The molecule has 5 nitrogen and oxygen atoms in total. The van der Waals surface area contributed by atoms with E-state index in [4.69, 9.17) is 5.73 Å². The van der Waals surface area contributed by atoms with Crippen molar-refractivity contribution in [2.45, 2.75) is 51.4 Å². The number of benzene rings is 1. The minimum absolute atomic E-state index is 0. The third kappa shape index (κ3) is 4.53. The SMILES string of the molecule is Cl.NCC1(CC(=O)Nc2ccccc2N2CCCC2=O)CCCCC1. The van der Waals surface area contributed by atoms with E-state index < -0.39 is 0 Å². The lowest BCUT2D eigenvalue weighted by Crippen LogP contribution is -2.36. The topological polar surface area (TPSA) is 75.4 Å². The van der Waals surface area contributed by atoms with Crippen LogP contribution in [0.1, 0.15) is 51.4 Å². The Morgan fingerprint density at radius 1 is 1.16 bits per heavy atom. The predicted octanol–water partition coefficient (Wildman–Crippen LogP) is 3.47. The average Bonchev–Trinajstić information content (AvgIpc) is 3.02. The first-order valence-corrected chi connectivity index (χ1v) is 9.03. The normalized spacial score (nSPS) is 19.4. The maximum absolute atomic E-state index is 12.6. The maximum atomic E-state index is 12.6. The molecule has 3 rings (SSSR count). The van der Waals surface area contributed by atoms with Gasteiger partial charge in [0.1, 0.15) is 0 Å². The molecule has 138 valence electrons. The van der Waals surface area contributed by atoms with Crippen molar-refractivity contribution in [1.82, 2.24) is 0 Å². The molecule has 0 atom stereocenters. The van der Waals surface area contributed by atoms with Gasteiger partial charge in [-0.2, -0.15) is 0 Å². The lowest BCUT2D eigenvalue weighted by atomic mass is 9.71. The maximum Gasteiger partial charge on any atom is 0.227 e. The summed E-state index contributed by atoms with van der Waals surface area (Å²) in [6.45, 7) is 1.28. The zero-order valence-electron chi connectivity index (χ0n) is 14.6. The monoisotopic (exact) mass is 365 g/mol. The van der Waals surface area contributed by atoms with Gasteiger partial charge in [0.15, 0.2) is 0 Å². The number of halogens is 1. The number of rotatable bonds is 5. The van der Waals surface area contributed by atoms with Crippen molar-refractivity contribution >= 4 is 35.6 Å². The van der Waals surface area contributed by atoms with Crippen LogP contribution in [0.2, 0.25) is 0 Å². The number of hydrogen-bond acceptors (Lipinski definition) is 3. The molecule has 1 aromatic rings. The van der Waals surface area contributed by atoms with Gasteiger partial charge in [-0.15, -0.1) is 12.4 Å². The first-order chi connectivity index (χ1) is 11.6. The summed E-state index contributed by atoms with van der Waals surface area (Å²) in [4.78, 5) is 26.4. The van der Waals surface area contributed by atoms with Crippen LogP contribution in [0.4, 0.5) is 11.4 Å². The van der Waals surface area contributed by atoms with Crippen molar-refractivity contribution in [1.29, 1.82) is 0 Å². The Balaban J connectivity index is 0.00000225. The summed E-state index contributed by atoms with van der Waals surface area (Å²) in [7, 11) is 0. The smallest absolute Gasteiger partial charge is 0.227 e. The fourth-order valence-corrected chi connectivity index (χ4v) is 4.01. The molecule has 25 heavy (non-hydrogen) atoms. The highest BCUT2D eigenvalue weighted by molar-refractivity contribution is 6.02. The van der Waals surface area contributed by atoms with Crippen molar-refractivity contribution in [3.8, 4) is 0 Å². The molecule has 3 N–H and O–H groups in total. The quantitative estimate of drug-likeness (QED) is 0.838. The predicted molar refractivity (Wildman–Crippen MR) is 103 cm³/mol. The fraction of sp³-hybridized carbons (Fsp3) is 0.579. The highest BCUT2D eigenvalue weighted by atomic mass is 35.5. The van der Waals surface area contributed by atoms with E-state index in [1.807, 2.05) is 24.3 Å². The highest BCUT2D eigenvalue weighted by Crippen LogP contribution is 2.39. The third-order valence-corrected chi connectivity index (χ3v) is 5.43. The van der Waals surface area contributed by atoms with Gasteiger partial charge in [-0.25, -0.2) is 0 Å². The van der Waals surface area contributed by atoms with Crippen LogP contribution >= 0.6 is 12.4 Å². The van der Waals surface area contributed by atoms with E-state index in [1.165, 1.54) is 6.42 Å². The molecule has 2 fully saturated rings. The second kappa shape index (κ2) is 8.68. The molecule has 0 spiro atoms. The average molecular weight is 366 g/mol. The minimum Gasteiger partial charge on any atom is -0.330 e. The van der Waals surface area contributed by atoms with E-state index in [9.17, 15) is 9.59 Å². The van der Waals surface area contributed by atoms with Crippen LogP contribution in [-0.4, -0.2) is 24.9 Å².